The van der Waals surface area contributed by atoms with Gasteiger partial charge < -0.3 is 14.3 Å². The number of anilines is 1. The first-order valence-corrected chi connectivity index (χ1v) is 17.6. The van der Waals surface area contributed by atoms with Gasteiger partial charge in [0, 0.05) is 42.0 Å². The van der Waals surface area contributed by atoms with Gasteiger partial charge in [0.25, 0.3) is 0 Å². The van der Waals surface area contributed by atoms with Gasteiger partial charge in [-0.3, -0.25) is 5.32 Å². The number of nitrogens with zero attached hydrogens (tertiary/aromatic N) is 1. The third-order valence-electron chi connectivity index (χ3n) is 10.3. The topological polar surface area (TPSA) is 42.1 Å². The number of hydrogen-bond donors (Lipinski definition) is 2. The van der Waals surface area contributed by atoms with Crippen LogP contribution in [0.2, 0.25) is 0 Å². The molecule has 0 aliphatic carbocycles. The van der Waals surface area contributed by atoms with Crippen molar-refractivity contribution >= 4 is 80.9 Å². The highest BCUT2D eigenvalue weighted by Gasteiger charge is 2.30. The molecule has 2 atom stereocenters. The smallest absolute Gasteiger partial charge is 0.160 e. The molecule has 4 heterocycles. The Morgan fingerprint density at radius 1 is 0.592 bits per heavy atom. The third-order valence-corrected chi connectivity index (χ3v) is 11.5. The van der Waals surface area contributed by atoms with E-state index in [1.54, 1.807) is 0 Å². The Morgan fingerprint density at radius 3 is 2.31 bits per heavy atom. The standard InChI is InChI=1S/C44H29N3OS/c1-2-11-26(12-3-1)41-33-15-4-7-18-35(33)45-44(46-41)47-36-24-23-31-29-13-5-8-19-38(29)48-42(31)40(36)34-22-21-27(25-37(34)47)28-16-10-17-32-30-14-6-9-20-39(30)49-43(28)32/h1-25,41,44-46H. The van der Waals surface area contributed by atoms with Crippen LogP contribution in [0.15, 0.2) is 156 Å². The second-order valence-corrected chi connectivity index (χ2v) is 14.0. The summed E-state index contributed by atoms with van der Waals surface area (Å²) in [6.45, 7) is 0. The van der Waals surface area contributed by atoms with Crippen molar-refractivity contribution < 1.29 is 4.42 Å². The minimum absolute atomic E-state index is 0.0153. The molecule has 232 valence electrons. The van der Waals surface area contributed by atoms with Gasteiger partial charge in [-0.1, -0.05) is 115 Å². The lowest BCUT2D eigenvalue weighted by Crippen LogP contribution is -2.40. The van der Waals surface area contributed by atoms with Crippen molar-refractivity contribution in [3.05, 3.63) is 163 Å². The summed E-state index contributed by atoms with van der Waals surface area (Å²) in [5.74, 6) is 0. The van der Waals surface area contributed by atoms with Crippen molar-refractivity contribution in [2.24, 2.45) is 0 Å². The molecule has 1 aliphatic heterocycles. The van der Waals surface area contributed by atoms with Crippen LogP contribution in [0.25, 0.3) is 75.0 Å². The number of aromatic nitrogens is 1. The van der Waals surface area contributed by atoms with Crippen molar-refractivity contribution in [3.63, 3.8) is 0 Å². The number of para-hydroxylation sites is 2. The second kappa shape index (κ2) is 10.3. The Hall–Kier alpha value is -5.88. The number of rotatable bonds is 3. The fourth-order valence-corrected chi connectivity index (χ4v) is 9.35. The Bertz CT molecular complexity index is 2920. The summed E-state index contributed by atoms with van der Waals surface area (Å²) in [6, 6.07) is 54.7. The van der Waals surface area contributed by atoms with Crippen molar-refractivity contribution in [2.45, 2.75) is 12.3 Å². The highest BCUT2D eigenvalue weighted by atomic mass is 32.1. The predicted octanol–water partition coefficient (Wildman–Crippen LogP) is 12.0. The van der Waals surface area contributed by atoms with E-state index in [9.17, 15) is 0 Å². The summed E-state index contributed by atoms with van der Waals surface area (Å²) in [5, 5.41) is 15.1. The minimum Gasteiger partial charge on any atom is -0.455 e. The van der Waals surface area contributed by atoms with E-state index in [0.717, 1.165) is 44.0 Å². The van der Waals surface area contributed by atoms with Crippen molar-refractivity contribution in [1.29, 1.82) is 0 Å². The highest BCUT2D eigenvalue weighted by molar-refractivity contribution is 7.26. The van der Waals surface area contributed by atoms with E-state index in [1.807, 2.05) is 17.4 Å². The van der Waals surface area contributed by atoms with E-state index in [0.29, 0.717) is 0 Å². The Balaban J connectivity index is 1.20. The number of nitrogens with one attached hydrogen (secondary N) is 2. The molecular weight excluding hydrogens is 619 g/mol. The summed E-state index contributed by atoms with van der Waals surface area (Å²) in [4.78, 5) is 0. The van der Waals surface area contributed by atoms with Gasteiger partial charge in [0.1, 0.15) is 11.2 Å². The molecule has 0 saturated heterocycles. The average molecular weight is 648 g/mol. The molecule has 11 rings (SSSR count). The van der Waals surface area contributed by atoms with E-state index in [2.05, 4.69) is 161 Å². The summed E-state index contributed by atoms with van der Waals surface area (Å²) >= 11 is 1.87. The summed E-state index contributed by atoms with van der Waals surface area (Å²) < 4.78 is 11.7. The van der Waals surface area contributed by atoms with Gasteiger partial charge >= 0.3 is 0 Å². The molecule has 5 heteroatoms. The minimum atomic E-state index is -0.225. The van der Waals surface area contributed by atoms with Crippen LogP contribution in [0.5, 0.6) is 0 Å². The zero-order valence-corrected chi connectivity index (χ0v) is 27.2. The summed E-state index contributed by atoms with van der Waals surface area (Å²) in [7, 11) is 0. The first kappa shape index (κ1) is 27.1. The fourth-order valence-electron chi connectivity index (χ4n) is 8.11. The number of furan rings is 1. The van der Waals surface area contributed by atoms with Gasteiger partial charge in [-0.05, 0) is 58.7 Å². The lowest BCUT2D eigenvalue weighted by atomic mass is 9.95. The molecule has 0 fully saturated rings. The maximum absolute atomic E-state index is 6.67. The maximum Gasteiger partial charge on any atom is 0.160 e. The quantitative estimate of drug-likeness (QED) is 0.201. The molecular formula is C44H29N3OS. The third kappa shape index (κ3) is 3.94. The van der Waals surface area contributed by atoms with Crippen molar-refractivity contribution in [2.75, 3.05) is 5.32 Å². The molecule has 0 amide bonds. The average Bonchev–Trinajstić information content (AvgIpc) is 3.84. The maximum atomic E-state index is 6.67. The van der Waals surface area contributed by atoms with Crippen LogP contribution in [-0.4, -0.2) is 4.57 Å². The zero-order valence-electron chi connectivity index (χ0n) is 26.4. The van der Waals surface area contributed by atoms with Crippen LogP contribution >= 0.6 is 11.3 Å². The number of benzene rings is 7. The van der Waals surface area contributed by atoms with Crippen LogP contribution in [-0.2, 0) is 0 Å². The molecule has 2 N–H and O–H groups in total. The monoisotopic (exact) mass is 647 g/mol. The van der Waals surface area contributed by atoms with Gasteiger partial charge in [-0.15, -0.1) is 11.3 Å². The van der Waals surface area contributed by atoms with Crippen LogP contribution in [0.3, 0.4) is 0 Å². The molecule has 10 aromatic rings. The Labute approximate surface area is 285 Å². The molecule has 0 radical (unpaired) electrons. The van der Waals surface area contributed by atoms with Gasteiger partial charge in [-0.2, -0.15) is 0 Å². The fraction of sp³-hybridized carbons (Fsp3) is 0.0455. The van der Waals surface area contributed by atoms with Crippen molar-refractivity contribution in [3.8, 4) is 11.1 Å². The molecule has 7 aromatic carbocycles. The lowest BCUT2D eigenvalue weighted by molar-refractivity contribution is 0.417. The molecule has 2 unspecified atom stereocenters. The van der Waals surface area contributed by atoms with Crippen molar-refractivity contribution in [1.82, 2.24) is 9.88 Å². The molecule has 3 aromatic heterocycles. The summed E-state index contributed by atoms with van der Waals surface area (Å²) in [6.07, 6.45) is -0.225. The number of thiophene rings is 1. The second-order valence-electron chi connectivity index (χ2n) is 13.0. The largest absolute Gasteiger partial charge is 0.455 e. The molecule has 49 heavy (non-hydrogen) atoms. The molecule has 0 saturated carbocycles. The van der Waals surface area contributed by atoms with E-state index in [-0.39, 0.29) is 12.3 Å². The van der Waals surface area contributed by atoms with Gasteiger partial charge in [0.2, 0.25) is 0 Å². The van der Waals surface area contributed by atoms with Gasteiger partial charge in [0.15, 0.2) is 6.29 Å². The number of hydrogen-bond acceptors (Lipinski definition) is 4. The lowest BCUT2D eigenvalue weighted by Gasteiger charge is -2.36. The predicted molar refractivity (Wildman–Crippen MR) is 206 cm³/mol. The zero-order chi connectivity index (χ0) is 32.1. The Kier molecular flexibility index (Phi) is 5.70. The van der Waals surface area contributed by atoms with Gasteiger partial charge in [-0.25, -0.2) is 0 Å². The number of fused-ring (bicyclic) bond motifs is 11. The normalized spacial score (nSPS) is 16.2. The van der Waals surface area contributed by atoms with Crippen LogP contribution < -0.4 is 10.6 Å². The molecule has 1 aliphatic rings. The Morgan fingerprint density at radius 2 is 1.37 bits per heavy atom. The van der Waals surface area contributed by atoms with E-state index in [1.165, 1.54) is 47.8 Å². The summed E-state index contributed by atoms with van der Waals surface area (Å²) in [5.41, 5.74) is 10.2. The highest BCUT2D eigenvalue weighted by Crippen LogP contribution is 2.45. The van der Waals surface area contributed by atoms with E-state index >= 15 is 0 Å². The van der Waals surface area contributed by atoms with Crippen LogP contribution in [0, 0.1) is 0 Å². The molecule has 4 nitrogen and oxygen atoms in total. The van der Waals surface area contributed by atoms with Crippen LogP contribution in [0.4, 0.5) is 5.69 Å². The first-order chi connectivity index (χ1) is 24.3. The first-order valence-electron chi connectivity index (χ1n) is 16.8. The SMILES string of the molecule is c1ccc(C2NC(n3c4cc(-c5cccc6c5sc5ccccc56)ccc4c4c5oc6ccccc6c5ccc43)Nc3ccccc32)cc1. The molecule has 0 bridgehead atoms. The van der Waals surface area contributed by atoms with Crippen LogP contribution in [0.1, 0.15) is 23.5 Å². The van der Waals surface area contributed by atoms with Gasteiger partial charge in [0.05, 0.1) is 22.5 Å². The van der Waals surface area contributed by atoms with E-state index < -0.39 is 0 Å². The van der Waals surface area contributed by atoms with E-state index in [4.69, 9.17) is 4.42 Å². The molecule has 0 spiro atoms.